The first kappa shape index (κ1) is 17.6. The van der Waals surface area contributed by atoms with E-state index < -0.39 is 5.97 Å². The summed E-state index contributed by atoms with van der Waals surface area (Å²) in [5, 5.41) is 8.38. The van der Waals surface area contributed by atoms with Gasteiger partial charge in [0, 0.05) is 18.1 Å². The molecule has 0 heterocycles. The SMILES string of the molecule is CC(C)N(C(C)C)C(C)C.O=C(O)c1ccccc1. The molecule has 3 nitrogen and oxygen atoms in total. The van der Waals surface area contributed by atoms with Crippen molar-refractivity contribution in [3.8, 4) is 0 Å². The van der Waals surface area contributed by atoms with Crippen molar-refractivity contribution in [2.24, 2.45) is 0 Å². The highest BCUT2D eigenvalue weighted by Gasteiger charge is 2.15. The second-order valence-corrected chi connectivity index (χ2v) is 5.40. The zero-order valence-corrected chi connectivity index (χ0v) is 12.9. The number of carbonyl (C=O) groups is 1. The standard InChI is InChI=1S/C9H21N.C7H6O2/c1-7(2)10(8(3)4)9(5)6;8-7(9)6-4-2-1-3-5-6/h7-9H,1-6H3;1-5H,(H,8,9). The molecular weight excluding hydrogens is 238 g/mol. The molecule has 0 unspecified atom stereocenters. The van der Waals surface area contributed by atoms with Crippen molar-refractivity contribution in [2.75, 3.05) is 0 Å². The van der Waals surface area contributed by atoms with Crippen molar-refractivity contribution < 1.29 is 9.90 Å². The van der Waals surface area contributed by atoms with Crippen LogP contribution in [-0.4, -0.2) is 34.1 Å². The molecule has 0 aliphatic rings. The van der Waals surface area contributed by atoms with E-state index in [0.29, 0.717) is 23.7 Å². The van der Waals surface area contributed by atoms with E-state index in [9.17, 15) is 4.79 Å². The second-order valence-electron chi connectivity index (χ2n) is 5.40. The van der Waals surface area contributed by atoms with Crippen molar-refractivity contribution in [1.82, 2.24) is 4.90 Å². The van der Waals surface area contributed by atoms with Crippen LogP contribution in [-0.2, 0) is 0 Å². The fourth-order valence-corrected chi connectivity index (χ4v) is 2.37. The monoisotopic (exact) mass is 265 g/mol. The minimum absolute atomic E-state index is 0.331. The molecule has 19 heavy (non-hydrogen) atoms. The number of carboxylic acids is 1. The highest BCUT2D eigenvalue weighted by atomic mass is 16.4. The molecule has 1 rings (SSSR count). The van der Waals surface area contributed by atoms with E-state index in [0.717, 1.165) is 0 Å². The molecule has 1 N–H and O–H groups in total. The molecule has 1 aromatic carbocycles. The van der Waals surface area contributed by atoms with E-state index in [1.165, 1.54) is 0 Å². The van der Waals surface area contributed by atoms with Gasteiger partial charge in [0.2, 0.25) is 0 Å². The lowest BCUT2D eigenvalue weighted by molar-refractivity contribution is 0.0697. The molecular formula is C16H27NO2. The second kappa shape index (κ2) is 8.70. The van der Waals surface area contributed by atoms with E-state index in [2.05, 4.69) is 46.4 Å². The van der Waals surface area contributed by atoms with Gasteiger partial charge in [-0.25, -0.2) is 4.79 Å². The van der Waals surface area contributed by atoms with Crippen molar-refractivity contribution in [1.29, 1.82) is 0 Å². The van der Waals surface area contributed by atoms with Crippen LogP contribution in [0.3, 0.4) is 0 Å². The first-order chi connectivity index (χ1) is 8.77. The van der Waals surface area contributed by atoms with Gasteiger partial charge in [-0.2, -0.15) is 0 Å². The van der Waals surface area contributed by atoms with Gasteiger partial charge in [0.1, 0.15) is 0 Å². The Morgan fingerprint density at radius 2 is 1.26 bits per heavy atom. The summed E-state index contributed by atoms with van der Waals surface area (Å²) in [5.41, 5.74) is 0.331. The largest absolute Gasteiger partial charge is 0.478 e. The summed E-state index contributed by atoms with van der Waals surface area (Å²) >= 11 is 0. The molecule has 0 fully saturated rings. The molecule has 0 atom stereocenters. The van der Waals surface area contributed by atoms with Gasteiger partial charge in [0.05, 0.1) is 5.56 Å². The third-order valence-electron chi connectivity index (χ3n) is 2.81. The van der Waals surface area contributed by atoms with Crippen molar-refractivity contribution in [3.05, 3.63) is 35.9 Å². The molecule has 0 aromatic heterocycles. The van der Waals surface area contributed by atoms with Crippen LogP contribution in [0.1, 0.15) is 51.9 Å². The Kier molecular flexibility index (Phi) is 8.08. The van der Waals surface area contributed by atoms with Crippen LogP contribution in [0.15, 0.2) is 30.3 Å². The number of nitrogens with zero attached hydrogens (tertiary/aromatic N) is 1. The first-order valence-corrected chi connectivity index (χ1v) is 6.83. The summed E-state index contributed by atoms with van der Waals surface area (Å²) in [6.07, 6.45) is 0. The minimum atomic E-state index is -0.879. The van der Waals surface area contributed by atoms with Gasteiger partial charge in [0.15, 0.2) is 0 Å². The summed E-state index contributed by atoms with van der Waals surface area (Å²) in [5.74, 6) is -0.879. The van der Waals surface area contributed by atoms with Gasteiger partial charge in [-0.05, 0) is 53.7 Å². The highest BCUT2D eigenvalue weighted by Crippen LogP contribution is 2.09. The van der Waals surface area contributed by atoms with E-state index >= 15 is 0 Å². The summed E-state index contributed by atoms with van der Waals surface area (Å²) in [6, 6.07) is 10.3. The first-order valence-electron chi connectivity index (χ1n) is 6.83. The Labute approximate surface area is 117 Å². The molecule has 0 radical (unpaired) electrons. The predicted molar refractivity (Wildman–Crippen MR) is 80.6 cm³/mol. The van der Waals surface area contributed by atoms with Crippen LogP contribution in [0.25, 0.3) is 0 Å². The number of hydrogen-bond acceptors (Lipinski definition) is 2. The van der Waals surface area contributed by atoms with Crippen LogP contribution >= 0.6 is 0 Å². The molecule has 0 aliphatic heterocycles. The number of hydrogen-bond donors (Lipinski definition) is 1. The third-order valence-corrected chi connectivity index (χ3v) is 2.81. The molecule has 108 valence electrons. The lowest BCUT2D eigenvalue weighted by Gasteiger charge is -2.34. The van der Waals surface area contributed by atoms with Crippen molar-refractivity contribution in [3.63, 3.8) is 0 Å². The third kappa shape index (κ3) is 6.97. The number of carboxylic acid groups (broad SMARTS) is 1. The maximum absolute atomic E-state index is 10.2. The molecule has 1 aromatic rings. The fraction of sp³-hybridized carbons (Fsp3) is 0.562. The number of benzene rings is 1. The normalized spacial score (nSPS) is 10.8. The van der Waals surface area contributed by atoms with Crippen LogP contribution < -0.4 is 0 Å². The number of rotatable bonds is 4. The van der Waals surface area contributed by atoms with Crippen molar-refractivity contribution in [2.45, 2.75) is 59.7 Å². The molecule has 0 aliphatic carbocycles. The van der Waals surface area contributed by atoms with E-state index in [4.69, 9.17) is 5.11 Å². The van der Waals surface area contributed by atoms with Crippen LogP contribution in [0.4, 0.5) is 0 Å². The van der Waals surface area contributed by atoms with Gasteiger partial charge in [-0.1, -0.05) is 18.2 Å². The summed E-state index contributed by atoms with van der Waals surface area (Å²) in [6.45, 7) is 13.5. The Morgan fingerprint density at radius 3 is 1.42 bits per heavy atom. The fourth-order valence-electron chi connectivity index (χ4n) is 2.37. The van der Waals surface area contributed by atoms with Gasteiger partial charge >= 0.3 is 5.97 Å². The maximum Gasteiger partial charge on any atom is 0.335 e. The Bertz CT molecular complexity index is 339. The summed E-state index contributed by atoms with van der Waals surface area (Å²) in [7, 11) is 0. The van der Waals surface area contributed by atoms with Gasteiger partial charge < -0.3 is 5.11 Å². The summed E-state index contributed by atoms with van der Waals surface area (Å²) < 4.78 is 0. The van der Waals surface area contributed by atoms with Crippen LogP contribution in [0.2, 0.25) is 0 Å². The van der Waals surface area contributed by atoms with Crippen LogP contribution in [0.5, 0.6) is 0 Å². The molecule has 3 heteroatoms. The van der Waals surface area contributed by atoms with E-state index in [1.807, 2.05) is 0 Å². The number of aromatic carboxylic acids is 1. The molecule has 0 amide bonds. The Balaban J connectivity index is 0.000000342. The quantitative estimate of drug-likeness (QED) is 0.897. The summed E-state index contributed by atoms with van der Waals surface area (Å²) in [4.78, 5) is 12.7. The minimum Gasteiger partial charge on any atom is -0.478 e. The van der Waals surface area contributed by atoms with Crippen molar-refractivity contribution >= 4 is 5.97 Å². The Hall–Kier alpha value is -1.35. The van der Waals surface area contributed by atoms with E-state index in [1.54, 1.807) is 30.3 Å². The molecule has 0 bridgehead atoms. The lowest BCUT2D eigenvalue weighted by Crippen LogP contribution is -2.42. The Morgan fingerprint density at radius 1 is 0.895 bits per heavy atom. The molecule has 0 spiro atoms. The van der Waals surface area contributed by atoms with Gasteiger partial charge in [-0.15, -0.1) is 0 Å². The smallest absolute Gasteiger partial charge is 0.335 e. The average Bonchev–Trinajstić information content (AvgIpc) is 2.29. The zero-order valence-electron chi connectivity index (χ0n) is 12.9. The van der Waals surface area contributed by atoms with Gasteiger partial charge in [0.25, 0.3) is 0 Å². The highest BCUT2D eigenvalue weighted by molar-refractivity contribution is 5.87. The van der Waals surface area contributed by atoms with E-state index in [-0.39, 0.29) is 0 Å². The molecule has 0 saturated heterocycles. The van der Waals surface area contributed by atoms with Gasteiger partial charge in [-0.3, -0.25) is 4.90 Å². The topological polar surface area (TPSA) is 40.5 Å². The van der Waals surface area contributed by atoms with Crippen LogP contribution in [0, 0.1) is 0 Å². The molecule has 0 saturated carbocycles. The average molecular weight is 265 g/mol. The lowest BCUT2D eigenvalue weighted by atomic mass is 10.2. The maximum atomic E-state index is 10.2. The predicted octanol–water partition coefficient (Wildman–Crippen LogP) is 3.90. The zero-order chi connectivity index (χ0) is 15.0.